The first-order valence-corrected chi connectivity index (χ1v) is 11.5. The Morgan fingerprint density at radius 2 is 1.63 bits per heavy atom. The largest absolute Gasteiger partial charge is 0.511 e. The molecule has 2 heteroatoms. The van der Waals surface area contributed by atoms with Gasteiger partial charge in [0.2, 0.25) is 0 Å². The van der Waals surface area contributed by atoms with Crippen LogP contribution in [0.1, 0.15) is 83.9 Å². The molecule has 0 bridgehead atoms. The van der Waals surface area contributed by atoms with Crippen LogP contribution in [0.5, 0.6) is 0 Å². The number of benzene rings is 1. The highest BCUT2D eigenvalue weighted by molar-refractivity contribution is 5.57. The van der Waals surface area contributed by atoms with Gasteiger partial charge in [-0.15, -0.1) is 0 Å². The lowest BCUT2D eigenvalue weighted by molar-refractivity contribution is 0.0836. The van der Waals surface area contributed by atoms with E-state index in [0.717, 1.165) is 24.0 Å². The summed E-state index contributed by atoms with van der Waals surface area (Å²) in [5.74, 6) is 0.494. The first-order valence-electron chi connectivity index (χ1n) is 11.5. The normalized spacial score (nSPS) is 18.1. The number of rotatable bonds is 8. The van der Waals surface area contributed by atoms with E-state index in [2.05, 4.69) is 63.3 Å². The van der Waals surface area contributed by atoms with Crippen LogP contribution in [0.3, 0.4) is 0 Å². The van der Waals surface area contributed by atoms with Crippen molar-refractivity contribution in [3.63, 3.8) is 0 Å². The van der Waals surface area contributed by atoms with Gasteiger partial charge in [0.1, 0.15) is 5.76 Å². The second kappa shape index (κ2) is 9.83. The number of allylic oxidation sites excluding steroid dienone is 5. The fourth-order valence-electron chi connectivity index (χ4n) is 4.48. The molecule has 2 nitrogen and oxygen atoms in total. The van der Waals surface area contributed by atoms with Gasteiger partial charge in [0, 0.05) is 11.3 Å². The smallest absolute Gasteiger partial charge is 0.102 e. The van der Waals surface area contributed by atoms with Gasteiger partial charge < -0.3 is 10.2 Å². The van der Waals surface area contributed by atoms with Gasteiger partial charge in [-0.1, -0.05) is 83.2 Å². The van der Waals surface area contributed by atoms with Crippen LogP contribution in [0.25, 0.3) is 6.08 Å². The summed E-state index contributed by atoms with van der Waals surface area (Å²) in [6.45, 7) is 14.7. The monoisotopic (exact) mass is 408 g/mol. The second-order valence-corrected chi connectivity index (χ2v) is 8.82. The van der Waals surface area contributed by atoms with Crippen molar-refractivity contribution in [2.24, 2.45) is 5.92 Å². The van der Waals surface area contributed by atoms with Crippen LogP contribution in [0.15, 0.2) is 59.4 Å². The van der Waals surface area contributed by atoms with Crippen molar-refractivity contribution < 1.29 is 10.2 Å². The van der Waals surface area contributed by atoms with Gasteiger partial charge in [0.25, 0.3) is 0 Å². The molecule has 1 aromatic carbocycles. The first-order chi connectivity index (χ1) is 14.2. The Bertz CT molecular complexity index is 859. The molecular formula is C28H40O2. The van der Waals surface area contributed by atoms with Gasteiger partial charge in [0.15, 0.2) is 0 Å². The molecule has 0 aliphatic heterocycles. The van der Waals surface area contributed by atoms with Crippen LogP contribution < -0.4 is 0 Å². The van der Waals surface area contributed by atoms with E-state index in [9.17, 15) is 10.2 Å². The van der Waals surface area contributed by atoms with Crippen molar-refractivity contribution in [2.75, 3.05) is 0 Å². The lowest BCUT2D eigenvalue weighted by Gasteiger charge is -2.35. The number of aliphatic hydroxyl groups is 2. The van der Waals surface area contributed by atoms with E-state index in [1.807, 2.05) is 33.8 Å². The molecule has 1 aliphatic rings. The predicted octanol–water partition coefficient (Wildman–Crippen LogP) is 7.58. The molecular weight excluding hydrogens is 368 g/mol. The van der Waals surface area contributed by atoms with Crippen LogP contribution in [0, 0.1) is 12.8 Å². The summed E-state index contributed by atoms with van der Waals surface area (Å²) in [7, 11) is 0. The quantitative estimate of drug-likeness (QED) is 0.465. The molecule has 1 unspecified atom stereocenters. The lowest BCUT2D eigenvalue weighted by Crippen LogP contribution is -2.27. The lowest BCUT2D eigenvalue weighted by atomic mass is 9.69. The summed E-state index contributed by atoms with van der Waals surface area (Å²) >= 11 is 0. The highest BCUT2D eigenvalue weighted by atomic mass is 16.3. The number of hydrogen-bond acceptors (Lipinski definition) is 2. The zero-order chi connectivity index (χ0) is 22.5. The maximum atomic E-state index is 10.6. The third-order valence-corrected chi connectivity index (χ3v) is 7.15. The first kappa shape index (κ1) is 24.2. The zero-order valence-electron chi connectivity index (χ0n) is 19.9. The Balaban J connectivity index is 2.51. The molecule has 0 saturated heterocycles. The third kappa shape index (κ3) is 4.81. The van der Waals surface area contributed by atoms with Gasteiger partial charge >= 0.3 is 0 Å². The zero-order valence-corrected chi connectivity index (χ0v) is 19.9. The van der Waals surface area contributed by atoms with E-state index < -0.39 is 5.60 Å². The third-order valence-electron chi connectivity index (χ3n) is 7.15. The summed E-state index contributed by atoms with van der Waals surface area (Å²) in [6, 6.07) is 6.71. The molecule has 0 fully saturated rings. The van der Waals surface area contributed by atoms with Crippen LogP contribution in [-0.4, -0.2) is 15.8 Å². The molecule has 0 spiro atoms. The van der Waals surface area contributed by atoms with E-state index in [1.165, 1.54) is 16.7 Å². The van der Waals surface area contributed by atoms with E-state index in [-0.39, 0.29) is 11.3 Å². The maximum Gasteiger partial charge on any atom is 0.102 e. The minimum atomic E-state index is -0.736. The summed E-state index contributed by atoms with van der Waals surface area (Å²) < 4.78 is 0. The molecule has 2 N–H and O–H groups in total. The Kier molecular flexibility index (Phi) is 7.93. The van der Waals surface area contributed by atoms with Crippen LogP contribution in [0.2, 0.25) is 0 Å². The van der Waals surface area contributed by atoms with Crippen molar-refractivity contribution >= 4 is 6.08 Å². The van der Waals surface area contributed by atoms with E-state index in [0.29, 0.717) is 18.6 Å². The fourth-order valence-corrected chi connectivity index (χ4v) is 4.48. The van der Waals surface area contributed by atoms with E-state index >= 15 is 0 Å². The minimum absolute atomic E-state index is 0.0373. The van der Waals surface area contributed by atoms with Gasteiger partial charge in [-0.3, -0.25) is 0 Å². The molecule has 0 radical (unpaired) electrons. The van der Waals surface area contributed by atoms with Crippen molar-refractivity contribution in [1.29, 1.82) is 0 Å². The standard InChI is InChI=1S/C28H40O2/c1-8-27(30,9-2)17-16-23-13-15-25(18-21(23)6)28(10-3,11-4)24-14-12-20(5)26(29)22(7)19-24/h12-20,29-30H,8-11H2,1-7H3/b17-16+. The molecule has 1 atom stereocenters. The topological polar surface area (TPSA) is 40.5 Å². The van der Waals surface area contributed by atoms with Gasteiger partial charge in [-0.05, 0) is 67.4 Å². The minimum Gasteiger partial charge on any atom is -0.511 e. The highest BCUT2D eigenvalue weighted by Crippen LogP contribution is 2.42. The Labute approximate surface area is 183 Å². The van der Waals surface area contributed by atoms with Crippen molar-refractivity contribution in [1.82, 2.24) is 0 Å². The molecule has 30 heavy (non-hydrogen) atoms. The summed E-state index contributed by atoms with van der Waals surface area (Å²) in [4.78, 5) is 0. The number of hydrogen-bond donors (Lipinski definition) is 2. The highest BCUT2D eigenvalue weighted by Gasteiger charge is 2.33. The van der Waals surface area contributed by atoms with E-state index in [4.69, 9.17) is 0 Å². The van der Waals surface area contributed by atoms with Crippen LogP contribution in [-0.2, 0) is 5.41 Å². The SMILES string of the molecule is CCC(O)(/C=C/c1ccc(C(CC)(CC)C2=CC(C)=C(O)C(C)C=C2)cc1C)CC. The Hall–Kier alpha value is -2.06. The van der Waals surface area contributed by atoms with Crippen LogP contribution >= 0.6 is 0 Å². The molecule has 1 aliphatic carbocycles. The average Bonchev–Trinajstić information content (AvgIpc) is 2.88. The van der Waals surface area contributed by atoms with Gasteiger partial charge in [0.05, 0.1) is 5.60 Å². The predicted molar refractivity (Wildman–Crippen MR) is 130 cm³/mol. The molecule has 1 aromatic rings. The summed E-state index contributed by atoms with van der Waals surface area (Å²) in [5.41, 5.74) is 5.04. The van der Waals surface area contributed by atoms with Crippen molar-refractivity contribution in [3.05, 3.63) is 76.1 Å². The average molecular weight is 409 g/mol. The van der Waals surface area contributed by atoms with Crippen LogP contribution in [0.4, 0.5) is 0 Å². The van der Waals surface area contributed by atoms with Gasteiger partial charge in [-0.2, -0.15) is 0 Å². The molecule has 164 valence electrons. The van der Waals surface area contributed by atoms with Crippen molar-refractivity contribution in [2.45, 2.75) is 85.2 Å². The number of aliphatic hydroxyl groups excluding tert-OH is 1. The molecule has 0 aromatic heterocycles. The second-order valence-electron chi connectivity index (χ2n) is 8.82. The fraction of sp³-hybridized carbons (Fsp3) is 0.500. The Morgan fingerprint density at radius 1 is 1.00 bits per heavy atom. The Morgan fingerprint density at radius 3 is 2.17 bits per heavy atom. The molecule has 0 saturated carbocycles. The van der Waals surface area contributed by atoms with E-state index in [1.54, 1.807) is 0 Å². The maximum absolute atomic E-state index is 10.6. The summed E-state index contributed by atoms with van der Waals surface area (Å²) in [5, 5.41) is 21.0. The summed E-state index contributed by atoms with van der Waals surface area (Å²) in [6.07, 6.45) is 13.9. The number of aryl methyl sites for hydroxylation is 1. The molecule has 2 rings (SSSR count). The van der Waals surface area contributed by atoms with Gasteiger partial charge in [-0.25, -0.2) is 0 Å². The molecule has 0 amide bonds. The molecule has 0 heterocycles. The van der Waals surface area contributed by atoms with Crippen molar-refractivity contribution in [3.8, 4) is 0 Å².